The van der Waals surface area contributed by atoms with Crippen LogP contribution in [0.3, 0.4) is 0 Å². The van der Waals surface area contributed by atoms with Crippen LogP contribution in [0, 0.1) is 11.3 Å². The summed E-state index contributed by atoms with van der Waals surface area (Å²) in [7, 11) is 0. The summed E-state index contributed by atoms with van der Waals surface area (Å²) in [6.45, 7) is 4.89. The van der Waals surface area contributed by atoms with Crippen molar-refractivity contribution in [3.8, 4) is 0 Å². The number of hydrogen-bond acceptors (Lipinski definition) is 3. The molecule has 0 aromatic carbocycles. The Labute approximate surface area is 97.6 Å². The fourth-order valence-corrected chi connectivity index (χ4v) is 1.83. The highest BCUT2D eigenvalue weighted by Crippen LogP contribution is 2.47. The van der Waals surface area contributed by atoms with Crippen LogP contribution in [0.25, 0.3) is 0 Å². The molecule has 0 bridgehead atoms. The first-order valence-corrected chi connectivity index (χ1v) is 6.19. The number of rotatable bonds is 7. The average Bonchev–Trinajstić information content (AvgIpc) is 3.05. The predicted molar refractivity (Wildman–Crippen MR) is 63.8 cm³/mol. The number of aliphatic hydroxyl groups is 1. The van der Waals surface area contributed by atoms with E-state index in [9.17, 15) is 4.79 Å². The maximum Gasteiger partial charge on any atom is 0.237 e. The van der Waals surface area contributed by atoms with Crippen molar-refractivity contribution >= 4 is 5.91 Å². The van der Waals surface area contributed by atoms with E-state index in [4.69, 9.17) is 10.8 Å². The van der Waals surface area contributed by atoms with Crippen LogP contribution in [-0.2, 0) is 4.79 Å². The molecule has 1 fully saturated rings. The Balaban J connectivity index is 2.30. The Morgan fingerprint density at radius 2 is 2.19 bits per heavy atom. The van der Waals surface area contributed by atoms with Crippen molar-refractivity contribution in [1.29, 1.82) is 0 Å². The van der Waals surface area contributed by atoms with Gasteiger partial charge in [-0.2, -0.15) is 0 Å². The first kappa shape index (κ1) is 13.5. The van der Waals surface area contributed by atoms with E-state index in [2.05, 4.69) is 5.32 Å². The molecule has 0 saturated heterocycles. The third kappa shape index (κ3) is 3.46. The SMILES string of the molecule is CC[C@H](C)[C@H](N)C(=O)NCC1(CCO)CC1. The van der Waals surface area contributed by atoms with E-state index in [-0.39, 0.29) is 23.8 Å². The molecule has 2 atom stereocenters. The highest BCUT2D eigenvalue weighted by Gasteiger charge is 2.42. The Bertz CT molecular complexity index is 239. The highest BCUT2D eigenvalue weighted by atomic mass is 16.3. The van der Waals surface area contributed by atoms with Crippen LogP contribution in [0.15, 0.2) is 0 Å². The van der Waals surface area contributed by atoms with Crippen molar-refractivity contribution in [3.63, 3.8) is 0 Å². The lowest BCUT2D eigenvalue weighted by molar-refractivity contribution is -0.123. The van der Waals surface area contributed by atoms with Gasteiger partial charge in [0.05, 0.1) is 6.04 Å². The normalized spacial score (nSPS) is 21.2. The predicted octanol–water partition coefficient (Wildman–Crippen LogP) is 0.639. The molecule has 0 aromatic heterocycles. The molecule has 4 nitrogen and oxygen atoms in total. The second-order valence-corrected chi connectivity index (χ2v) is 5.10. The number of carbonyl (C=O) groups is 1. The summed E-state index contributed by atoms with van der Waals surface area (Å²) in [6.07, 6.45) is 3.90. The first-order chi connectivity index (χ1) is 7.54. The minimum Gasteiger partial charge on any atom is -0.396 e. The molecule has 0 aromatic rings. The van der Waals surface area contributed by atoms with Crippen LogP contribution in [0.2, 0.25) is 0 Å². The van der Waals surface area contributed by atoms with Gasteiger partial charge in [0, 0.05) is 13.2 Å². The molecule has 0 heterocycles. The fraction of sp³-hybridized carbons (Fsp3) is 0.917. The summed E-state index contributed by atoms with van der Waals surface area (Å²) < 4.78 is 0. The second-order valence-electron chi connectivity index (χ2n) is 5.10. The van der Waals surface area contributed by atoms with Crippen molar-refractivity contribution < 1.29 is 9.90 Å². The Morgan fingerprint density at radius 3 is 2.62 bits per heavy atom. The number of hydrogen-bond donors (Lipinski definition) is 3. The molecule has 0 aliphatic heterocycles. The Kier molecular flexibility index (Phi) is 4.74. The summed E-state index contributed by atoms with van der Waals surface area (Å²) in [5.41, 5.74) is 6.00. The van der Waals surface area contributed by atoms with Crippen LogP contribution in [0.5, 0.6) is 0 Å². The monoisotopic (exact) mass is 228 g/mol. The van der Waals surface area contributed by atoms with Crippen molar-refractivity contribution in [1.82, 2.24) is 5.32 Å². The summed E-state index contributed by atoms with van der Waals surface area (Å²) in [5.74, 6) is 0.159. The number of nitrogens with two attached hydrogens (primary N) is 1. The summed E-state index contributed by atoms with van der Waals surface area (Å²) in [6, 6.07) is -0.407. The van der Waals surface area contributed by atoms with Crippen LogP contribution >= 0.6 is 0 Å². The molecule has 1 rings (SSSR count). The average molecular weight is 228 g/mol. The maximum absolute atomic E-state index is 11.7. The van der Waals surface area contributed by atoms with Gasteiger partial charge in [-0.1, -0.05) is 20.3 Å². The van der Waals surface area contributed by atoms with E-state index >= 15 is 0 Å². The van der Waals surface area contributed by atoms with Crippen molar-refractivity contribution in [2.24, 2.45) is 17.1 Å². The minimum atomic E-state index is -0.407. The summed E-state index contributed by atoms with van der Waals surface area (Å²) in [4.78, 5) is 11.7. The Morgan fingerprint density at radius 1 is 1.56 bits per heavy atom. The molecule has 0 radical (unpaired) electrons. The standard InChI is InChI=1S/C12H24N2O2/c1-3-9(2)10(13)11(16)14-8-12(4-5-12)6-7-15/h9-10,15H,3-8,13H2,1-2H3,(H,14,16)/t9-,10-/m0/s1. The highest BCUT2D eigenvalue weighted by molar-refractivity contribution is 5.81. The van der Waals surface area contributed by atoms with Gasteiger partial charge in [-0.15, -0.1) is 0 Å². The van der Waals surface area contributed by atoms with Gasteiger partial charge in [-0.05, 0) is 30.6 Å². The number of amides is 1. The zero-order chi connectivity index (χ0) is 12.2. The van der Waals surface area contributed by atoms with E-state index in [0.717, 1.165) is 25.7 Å². The molecular weight excluding hydrogens is 204 g/mol. The molecule has 4 N–H and O–H groups in total. The minimum absolute atomic E-state index is 0.0569. The largest absolute Gasteiger partial charge is 0.396 e. The molecular formula is C12H24N2O2. The summed E-state index contributed by atoms with van der Waals surface area (Å²) >= 11 is 0. The van der Waals surface area contributed by atoms with Gasteiger partial charge in [0.2, 0.25) is 5.91 Å². The van der Waals surface area contributed by atoms with E-state index in [1.54, 1.807) is 0 Å². The lowest BCUT2D eigenvalue weighted by atomic mass is 9.98. The van der Waals surface area contributed by atoms with Gasteiger partial charge < -0.3 is 16.2 Å². The maximum atomic E-state index is 11.7. The second kappa shape index (κ2) is 5.64. The third-order valence-corrected chi connectivity index (χ3v) is 3.80. The van der Waals surface area contributed by atoms with Gasteiger partial charge in [0.25, 0.3) is 0 Å². The molecule has 0 unspecified atom stereocenters. The zero-order valence-corrected chi connectivity index (χ0v) is 10.3. The van der Waals surface area contributed by atoms with Crippen molar-refractivity contribution in [2.75, 3.05) is 13.2 Å². The van der Waals surface area contributed by atoms with E-state index in [0.29, 0.717) is 6.54 Å². The quantitative estimate of drug-likeness (QED) is 0.598. The molecule has 1 aliphatic carbocycles. The van der Waals surface area contributed by atoms with Gasteiger partial charge >= 0.3 is 0 Å². The summed E-state index contributed by atoms with van der Waals surface area (Å²) in [5, 5.41) is 11.8. The molecule has 1 aliphatic rings. The van der Waals surface area contributed by atoms with E-state index in [1.807, 2.05) is 13.8 Å². The lowest BCUT2D eigenvalue weighted by Gasteiger charge is -2.20. The van der Waals surface area contributed by atoms with E-state index in [1.165, 1.54) is 0 Å². The topological polar surface area (TPSA) is 75.4 Å². The smallest absolute Gasteiger partial charge is 0.237 e. The van der Waals surface area contributed by atoms with Crippen LogP contribution < -0.4 is 11.1 Å². The first-order valence-electron chi connectivity index (χ1n) is 6.19. The fourth-order valence-electron chi connectivity index (χ4n) is 1.83. The van der Waals surface area contributed by atoms with Gasteiger partial charge in [0.1, 0.15) is 0 Å². The van der Waals surface area contributed by atoms with Crippen LogP contribution in [0.1, 0.15) is 39.5 Å². The van der Waals surface area contributed by atoms with Crippen LogP contribution in [0.4, 0.5) is 0 Å². The lowest BCUT2D eigenvalue weighted by Crippen LogP contribution is -2.46. The molecule has 1 amide bonds. The van der Waals surface area contributed by atoms with Gasteiger partial charge in [0.15, 0.2) is 0 Å². The zero-order valence-electron chi connectivity index (χ0n) is 10.3. The van der Waals surface area contributed by atoms with Gasteiger partial charge in [-0.25, -0.2) is 0 Å². The molecule has 94 valence electrons. The third-order valence-electron chi connectivity index (χ3n) is 3.80. The number of nitrogens with one attached hydrogen (secondary N) is 1. The molecule has 0 spiro atoms. The number of aliphatic hydroxyl groups excluding tert-OH is 1. The van der Waals surface area contributed by atoms with Crippen LogP contribution in [-0.4, -0.2) is 30.2 Å². The van der Waals surface area contributed by atoms with Crippen molar-refractivity contribution in [3.05, 3.63) is 0 Å². The number of carbonyl (C=O) groups excluding carboxylic acids is 1. The van der Waals surface area contributed by atoms with Crippen molar-refractivity contribution in [2.45, 2.75) is 45.6 Å². The van der Waals surface area contributed by atoms with E-state index < -0.39 is 6.04 Å². The molecule has 1 saturated carbocycles. The van der Waals surface area contributed by atoms with Gasteiger partial charge in [-0.3, -0.25) is 4.79 Å². The molecule has 4 heteroatoms. The molecule has 16 heavy (non-hydrogen) atoms. The Hall–Kier alpha value is -0.610.